The first kappa shape index (κ1) is 14.6. The summed E-state index contributed by atoms with van der Waals surface area (Å²) in [6.45, 7) is 3.23. The van der Waals surface area contributed by atoms with E-state index in [1.54, 1.807) is 0 Å². The Kier molecular flexibility index (Phi) is 4.12. The minimum absolute atomic E-state index is 0.0998. The Hall–Kier alpha value is -1.42. The second kappa shape index (κ2) is 5.06. The molecule has 0 aliphatic heterocycles. The van der Waals surface area contributed by atoms with Crippen molar-refractivity contribution in [3.8, 4) is 5.75 Å². The number of benzene rings is 1. The summed E-state index contributed by atoms with van der Waals surface area (Å²) in [7, 11) is -9.69. The highest BCUT2D eigenvalue weighted by atomic mass is 32.2. The van der Waals surface area contributed by atoms with E-state index in [0.717, 1.165) is 18.2 Å². The highest BCUT2D eigenvalue weighted by Gasteiger charge is 2.28. The van der Waals surface area contributed by atoms with Gasteiger partial charge < -0.3 is 4.74 Å². The Morgan fingerprint density at radius 3 is 2.22 bits per heavy atom. The van der Waals surface area contributed by atoms with Gasteiger partial charge in [-0.3, -0.25) is 9.11 Å². The summed E-state index contributed by atoms with van der Waals surface area (Å²) in [5, 5.41) is 0. The van der Waals surface area contributed by atoms with Crippen LogP contribution in [0, 0.1) is 0 Å². The lowest BCUT2D eigenvalue weighted by atomic mass is 10.3. The van der Waals surface area contributed by atoms with Gasteiger partial charge in [-0.1, -0.05) is 18.7 Å². The summed E-state index contributed by atoms with van der Waals surface area (Å²) < 4.78 is 67.2. The largest absolute Gasteiger partial charge is 0.488 e. The third-order valence-corrected chi connectivity index (χ3v) is 3.80. The van der Waals surface area contributed by atoms with Crippen molar-refractivity contribution in [3.05, 3.63) is 30.9 Å². The van der Waals surface area contributed by atoms with E-state index in [1.165, 1.54) is 6.08 Å². The zero-order chi connectivity index (χ0) is 14.0. The third-order valence-electron chi connectivity index (χ3n) is 1.84. The molecule has 1 rings (SSSR count). The highest BCUT2D eigenvalue weighted by molar-refractivity contribution is 7.89. The van der Waals surface area contributed by atoms with E-state index in [0.29, 0.717) is 0 Å². The van der Waals surface area contributed by atoms with Crippen molar-refractivity contribution >= 4 is 20.2 Å². The molecule has 0 heterocycles. The van der Waals surface area contributed by atoms with Gasteiger partial charge in [0, 0.05) is 0 Å². The van der Waals surface area contributed by atoms with Crippen LogP contribution in [0.3, 0.4) is 0 Å². The average molecular weight is 294 g/mol. The molecule has 1 aromatic rings. The molecule has 0 unspecified atom stereocenters. The zero-order valence-corrected chi connectivity index (χ0v) is 10.6. The zero-order valence-electron chi connectivity index (χ0n) is 8.98. The first-order chi connectivity index (χ1) is 8.18. The van der Waals surface area contributed by atoms with E-state index in [-0.39, 0.29) is 6.61 Å². The van der Waals surface area contributed by atoms with E-state index in [2.05, 4.69) is 6.58 Å². The molecule has 0 spiro atoms. The minimum Gasteiger partial charge on any atom is -0.488 e. The van der Waals surface area contributed by atoms with Gasteiger partial charge in [0.15, 0.2) is 4.90 Å². The molecule has 0 aliphatic carbocycles. The third kappa shape index (κ3) is 3.29. The topological polar surface area (TPSA) is 118 Å². The summed E-state index contributed by atoms with van der Waals surface area (Å²) >= 11 is 0. The Morgan fingerprint density at radius 1 is 1.17 bits per heavy atom. The molecule has 2 N–H and O–H groups in total. The summed E-state index contributed by atoms with van der Waals surface area (Å²) in [5.74, 6) is -0.396. The van der Waals surface area contributed by atoms with Gasteiger partial charge in [-0.2, -0.15) is 16.8 Å². The fourth-order valence-electron chi connectivity index (χ4n) is 1.22. The van der Waals surface area contributed by atoms with Crippen LogP contribution in [0.1, 0.15) is 0 Å². The standard InChI is InChI=1S/C9H10O7S2/c1-2-6-16-7-4-3-5-8(17(10,11)12)9(7)18(13,14)15/h2-5H,1,6H2,(H,10,11,12)(H,13,14,15). The molecule has 1 aromatic carbocycles. The lowest BCUT2D eigenvalue weighted by Crippen LogP contribution is -2.11. The van der Waals surface area contributed by atoms with Gasteiger partial charge in [-0.25, -0.2) is 0 Å². The fraction of sp³-hybridized carbons (Fsp3) is 0.111. The first-order valence-electron chi connectivity index (χ1n) is 4.49. The van der Waals surface area contributed by atoms with Gasteiger partial charge in [-0.05, 0) is 12.1 Å². The molecule has 0 saturated carbocycles. The Bertz CT molecular complexity index is 658. The molecule has 18 heavy (non-hydrogen) atoms. The molecule has 0 aromatic heterocycles. The van der Waals surface area contributed by atoms with Gasteiger partial charge in [0.1, 0.15) is 17.3 Å². The molecule has 0 saturated heterocycles. The van der Waals surface area contributed by atoms with Gasteiger partial charge in [0.25, 0.3) is 20.2 Å². The Balaban J connectivity index is 3.61. The summed E-state index contributed by atoms with van der Waals surface area (Å²) in [6, 6.07) is 3.14. The second-order valence-electron chi connectivity index (χ2n) is 3.13. The number of hydrogen-bond acceptors (Lipinski definition) is 5. The maximum atomic E-state index is 11.2. The number of ether oxygens (including phenoxy) is 1. The van der Waals surface area contributed by atoms with Crippen LogP contribution in [0.5, 0.6) is 5.75 Å². The lowest BCUT2D eigenvalue weighted by Gasteiger charge is -2.10. The van der Waals surface area contributed by atoms with E-state index < -0.39 is 35.8 Å². The normalized spacial score (nSPS) is 12.1. The van der Waals surface area contributed by atoms with Crippen LogP contribution in [0.4, 0.5) is 0 Å². The van der Waals surface area contributed by atoms with Crippen LogP contribution in [0.15, 0.2) is 40.6 Å². The van der Waals surface area contributed by atoms with Crippen LogP contribution < -0.4 is 4.74 Å². The van der Waals surface area contributed by atoms with Crippen LogP contribution in [-0.4, -0.2) is 32.5 Å². The number of hydrogen-bond donors (Lipinski definition) is 2. The van der Waals surface area contributed by atoms with Gasteiger partial charge in [-0.15, -0.1) is 0 Å². The monoisotopic (exact) mass is 294 g/mol. The predicted octanol–water partition coefficient (Wildman–Crippen LogP) is 0.745. The summed E-state index contributed by atoms with van der Waals surface area (Å²) in [6.07, 6.45) is 1.30. The van der Waals surface area contributed by atoms with Crippen LogP contribution in [0.25, 0.3) is 0 Å². The molecule has 0 radical (unpaired) electrons. The quantitative estimate of drug-likeness (QED) is 0.607. The Labute approximate surface area is 104 Å². The molecule has 9 heteroatoms. The van der Waals surface area contributed by atoms with E-state index in [9.17, 15) is 16.8 Å². The van der Waals surface area contributed by atoms with E-state index >= 15 is 0 Å². The molecule has 0 amide bonds. The minimum atomic E-state index is -4.88. The van der Waals surface area contributed by atoms with Crippen LogP contribution >= 0.6 is 0 Å². The molecule has 0 aliphatic rings. The molecule has 100 valence electrons. The maximum Gasteiger partial charge on any atom is 0.299 e. The molecule has 7 nitrogen and oxygen atoms in total. The van der Waals surface area contributed by atoms with Crippen molar-refractivity contribution in [1.29, 1.82) is 0 Å². The van der Waals surface area contributed by atoms with Gasteiger partial charge >= 0.3 is 0 Å². The van der Waals surface area contributed by atoms with Crippen molar-refractivity contribution in [1.82, 2.24) is 0 Å². The molecular weight excluding hydrogens is 284 g/mol. The second-order valence-corrected chi connectivity index (χ2v) is 5.88. The van der Waals surface area contributed by atoms with Crippen LogP contribution in [0.2, 0.25) is 0 Å². The summed E-state index contributed by atoms with van der Waals surface area (Å²) in [4.78, 5) is -1.96. The first-order valence-corrected chi connectivity index (χ1v) is 7.37. The van der Waals surface area contributed by atoms with Crippen molar-refractivity contribution in [3.63, 3.8) is 0 Å². The highest BCUT2D eigenvalue weighted by Crippen LogP contribution is 2.30. The molecule has 0 bridgehead atoms. The number of rotatable bonds is 5. The molecule has 0 fully saturated rings. The molecule has 0 atom stereocenters. The van der Waals surface area contributed by atoms with Crippen molar-refractivity contribution < 1.29 is 30.7 Å². The smallest absolute Gasteiger partial charge is 0.299 e. The van der Waals surface area contributed by atoms with E-state index in [4.69, 9.17) is 13.8 Å². The van der Waals surface area contributed by atoms with Crippen molar-refractivity contribution in [2.45, 2.75) is 9.79 Å². The Morgan fingerprint density at radius 2 is 1.78 bits per heavy atom. The van der Waals surface area contributed by atoms with Crippen molar-refractivity contribution in [2.75, 3.05) is 6.61 Å². The van der Waals surface area contributed by atoms with Crippen LogP contribution in [-0.2, 0) is 20.2 Å². The van der Waals surface area contributed by atoms with Crippen molar-refractivity contribution in [2.24, 2.45) is 0 Å². The summed E-state index contributed by atoms with van der Waals surface area (Å²) in [5.41, 5.74) is 0. The fourth-order valence-corrected chi connectivity index (χ4v) is 3.14. The average Bonchev–Trinajstić information content (AvgIpc) is 2.23. The van der Waals surface area contributed by atoms with E-state index in [1.807, 2.05) is 0 Å². The predicted molar refractivity (Wildman–Crippen MR) is 61.8 cm³/mol. The maximum absolute atomic E-state index is 11.2. The van der Waals surface area contributed by atoms with Gasteiger partial charge in [0.05, 0.1) is 0 Å². The molecular formula is C9H10O7S2. The van der Waals surface area contributed by atoms with Gasteiger partial charge in [0.2, 0.25) is 0 Å². The lowest BCUT2D eigenvalue weighted by molar-refractivity contribution is 0.347. The SMILES string of the molecule is C=CCOc1cccc(S(=O)(=O)O)c1S(=O)(=O)O.